The van der Waals surface area contributed by atoms with Crippen LogP contribution < -0.4 is 0 Å². The summed E-state index contributed by atoms with van der Waals surface area (Å²) in [5.74, 6) is -2.00. The molecule has 0 atom stereocenters. The summed E-state index contributed by atoms with van der Waals surface area (Å²) in [5.41, 5.74) is 0.216. The van der Waals surface area contributed by atoms with Crippen molar-refractivity contribution in [2.45, 2.75) is 45.4 Å². The fourth-order valence-corrected chi connectivity index (χ4v) is 1.25. The molecule has 0 unspecified atom stereocenters. The van der Waals surface area contributed by atoms with E-state index in [4.69, 9.17) is 10.2 Å². The Morgan fingerprint density at radius 2 is 1.80 bits per heavy atom. The topological polar surface area (TPSA) is 74.6 Å². The molecule has 15 heavy (non-hydrogen) atoms. The molecular weight excluding hydrogens is 196 g/mol. The van der Waals surface area contributed by atoms with Gasteiger partial charge in [-0.3, -0.25) is 4.79 Å². The van der Waals surface area contributed by atoms with Crippen LogP contribution in [-0.2, 0) is 9.59 Å². The van der Waals surface area contributed by atoms with Gasteiger partial charge in [0.25, 0.3) is 0 Å². The number of carboxylic acid groups (broad SMARTS) is 2. The molecule has 0 aromatic heterocycles. The van der Waals surface area contributed by atoms with E-state index in [-0.39, 0.29) is 12.0 Å². The normalized spacial score (nSPS) is 11.4. The number of hydrogen-bond acceptors (Lipinski definition) is 2. The van der Waals surface area contributed by atoms with E-state index in [1.807, 2.05) is 0 Å². The number of carboxylic acids is 2. The molecule has 0 saturated carbocycles. The summed E-state index contributed by atoms with van der Waals surface area (Å²) in [6.07, 6.45) is 5.53. The first-order valence-corrected chi connectivity index (χ1v) is 5.22. The van der Waals surface area contributed by atoms with Crippen molar-refractivity contribution >= 4 is 11.9 Å². The minimum atomic E-state index is -1.01. The van der Waals surface area contributed by atoms with E-state index >= 15 is 0 Å². The lowest BCUT2D eigenvalue weighted by Crippen LogP contribution is -2.02. The molecule has 4 nitrogen and oxygen atoms in total. The van der Waals surface area contributed by atoms with Gasteiger partial charge in [-0.15, -0.1) is 0 Å². The maximum absolute atomic E-state index is 10.7. The quantitative estimate of drug-likeness (QED) is 0.480. The molecule has 4 heteroatoms. The predicted molar refractivity (Wildman–Crippen MR) is 56.7 cm³/mol. The van der Waals surface area contributed by atoms with Crippen LogP contribution in [0, 0.1) is 0 Å². The van der Waals surface area contributed by atoms with Crippen molar-refractivity contribution < 1.29 is 19.8 Å². The molecule has 0 aliphatic heterocycles. The van der Waals surface area contributed by atoms with Gasteiger partial charge in [-0.25, -0.2) is 4.79 Å². The molecule has 0 aliphatic rings. The van der Waals surface area contributed by atoms with E-state index in [0.29, 0.717) is 6.42 Å². The first-order chi connectivity index (χ1) is 7.07. The average Bonchev–Trinajstić information content (AvgIpc) is 2.15. The monoisotopic (exact) mass is 214 g/mol. The highest BCUT2D eigenvalue weighted by atomic mass is 16.4. The Balaban J connectivity index is 3.99. The minimum absolute atomic E-state index is 0.213. The van der Waals surface area contributed by atoms with Crippen molar-refractivity contribution in [2.75, 3.05) is 0 Å². The summed E-state index contributed by atoms with van der Waals surface area (Å²) < 4.78 is 0. The van der Waals surface area contributed by atoms with Crippen LogP contribution in [0.2, 0.25) is 0 Å². The smallest absolute Gasteiger partial charge is 0.331 e. The molecule has 0 saturated heterocycles. The zero-order valence-electron chi connectivity index (χ0n) is 9.03. The third-order valence-electron chi connectivity index (χ3n) is 2.10. The highest BCUT2D eigenvalue weighted by molar-refractivity contribution is 5.87. The van der Waals surface area contributed by atoms with Crippen LogP contribution in [0.3, 0.4) is 0 Å². The predicted octanol–water partition coefficient (Wildman–Crippen LogP) is 2.44. The van der Waals surface area contributed by atoms with Gasteiger partial charge in [0, 0.05) is 5.57 Å². The standard InChI is InChI=1S/C11H18O4/c1-2-3-4-5-6-9(11(14)15)7-8-10(12)13/h7H,2-6,8H2,1H3,(H,12,13)(H,14,15). The molecule has 0 rings (SSSR count). The molecule has 2 N–H and O–H groups in total. The highest BCUT2D eigenvalue weighted by Gasteiger charge is 2.07. The van der Waals surface area contributed by atoms with Gasteiger partial charge in [-0.05, 0) is 12.8 Å². The lowest BCUT2D eigenvalue weighted by Gasteiger charge is -2.01. The molecule has 0 aliphatic carbocycles. The number of aliphatic carboxylic acids is 2. The second-order valence-corrected chi connectivity index (χ2v) is 3.44. The minimum Gasteiger partial charge on any atom is -0.481 e. The van der Waals surface area contributed by atoms with Gasteiger partial charge < -0.3 is 10.2 Å². The molecule has 0 aromatic carbocycles. The summed E-state index contributed by atoms with van der Waals surface area (Å²) in [6, 6.07) is 0. The van der Waals surface area contributed by atoms with Gasteiger partial charge in [0.15, 0.2) is 0 Å². The summed E-state index contributed by atoms with van der Waals surface area (Å²) in [6.45, 7) is 2.08. The molecular formula is C11H18O4. The van der Waals surface area contributed by atoms with Crippen LogP contribution in [0.15, 0.2) is 11.6 Å². The van der Waals surface area contributed by atoms with Crippen LogP contribution >= 0.6 is 0 Å². The number of hydrogen-bond donors (Lipinski definition) is 2. The first-order valence-electron chi connectivity index (χ1n) is 5.22. The molecule has 86 valence electrons. The summed E-state index contributed by atoms with van der Waals surface area (Å²) in [4.78, 5) is 21.0. The molecule has 0 amide bonds. The van der Waals surface area contributed by atoms with Gasteiger partial charge in [0.05, 0.1) is 6.42 Å². The van der Waals surface area contributed by atoms with Gasteiger partial charge in [0.1, 0.15) is 0 Å². The SMILES string of the molecule is CCCCCCC(=CCC(=O)O)C(=O)O. The Morgan fingerprint density at radius 1 is 1.13 bits per heavy atom. The zero-order chi connectivity index (χ0) is 11.7. The van der Waals surface area contributed by atoms with Crippen LogP contribution in [-0.4, -0.2) is 22.2 Å². The third kappa shape index (κ3) is 7.73. The van der Waals surface area contributed by atoms with Gasteiger partial charge in [-0.1, -0.05) is 32.3 Å². The molecule has 0 aromatic rings. The fourth-order valence-electron chi connectivity index (χ4n) is 1.25. The van der Waals surface area contributed by atoms with Crippen LogP contribution in [0.1, 0.15) is 45.4 Å². The van der Waals surface area contributed by atoms with E-state index in [1.165, 1.54) is 6.08 Å². The van der Waals surface area contributed by atoms with E-state index < -0.39 is 11.9 Å². The fraction of sp³-hybridized carbons (Fsp3) is 0.636. The largest absolute Gasteiger partial charge is 0.481 e. The average molecular weight is 214 g/mol. The molecule has 0 bridgehead atoms. The molecule has 0 radical (unpaired) electrons. The molecule has 0 fully saturated rings. The maximum Gasteiger partial charge on any atom is 0.331 e. The van der Waals surface area contributed by atoms with Gasteiger partial charge in [-0.2, -0.15) is 0 Å². The highest BCUT2D eigenvalue weighted by Crippen LogP contribution is 2.11. The second kappa shape index (κ2) is 8.03. The summed E-state index contributed by atoms with van der Waals surface area (Å²) >= 11 is 0. The van der Waals surface area contributed by atoms with Crippen molar-refractivity contribution in [3.05, 3.63) is 11.6 Å². The number of rotatable bonds is 8. The van der Waals surface area contributed by atoms with Crippen molar-refractivity contribution in [3.63, 3.8) is 0 Å². The lowest BCUT2D eigenvalue weighted by atomic mass is 10.1. The summed E-state index contributed by atoms with van der Waals surface area (Å²) in [7, 11) is 0. The Morgan fingerprint density at radius 3 is 2.27 bits per heavy atom. The van der Waals surface area contributed by atoms with E-state index in [1.54, 1.807) is 0 Å². The Hall–Kier alpha value is -1.32. The molecule has 0 spiro atoms. The van der Waals surface area contributed by atoms with E-state index in [0.717, 1.165) is 25.7 Å². The van der Waals surface area contributed by atoms with E-state index in [2.05, 4.69) is 6.92 Å². The van der Waals surface area contributed by atoms with Crippen molar-refractivity contribution in [1.82, 2.24) is 0 Å². The van der Waals surface area contributed by atoms with Crippen molar-refractivity contribution in [3.8, 4) is 0 Å². The first kappa shape index (κ1) is 13.7. The lowest BCUT2D eigenvalue weighted by molar-refractivity contribution is -0.136. The van der Waals surface area contributed by atoms with Crippen molar-refractivity contribution in [2.24, 2.45) is 0 Å². The van der Waals surface area contributed by atoms with Crippen LogP contribution in [0.25, 0.3) is 0 Å². The second-order valence-electron chi connectivity index (χ2n) is 3.44. The maximum atomic E-state index is 10.7. The van der Waals surface area contributed by atoms with Crippen LogP contribution in [0.5, 0.6) is 0 Å². The third-order valence-corrected chi connectivity index (χ3v) is 2.10. The number of carbonyl (C=O) groups is 2. The molecule has 0 heterocycles. The van der Waals surface area contributed by atoms with Gasteiger partial charge >= 0.3 is 11.9 Å². The Kier molecular flexibility index (Phi) is 7.32. The van der Waals surface area contributed by atoms with Crippen LogP contribution in [0.4, 0.5) is 0 Å². The van der Waals surface area contributed by atoms with E-state index in [9.17, 15) is 9.59 Å². The number of unbranched alkanes of at least 4 members (excludes halogenated alkanes) is 3. The van der Waals surface area contributed by atoms with Crippen molar-refractivity contribution in [1.29, 1.82) is 0 Å². The summed E-state index contributed by atoms with van der Waals surface area (Å²) in [5, 5.41) is 17.2. The Labute approximate surface area is 89.6 Å². The Bertz CT molecular complexity index is 243. The van der Waals surface area contributed by atoms with Gasteiger partial charge in [0.2, 0.25) is 0 Å². The zero-order valence-corrected chi connectivity index (χ0v) is 9.03.